The third-order valence-electron chi connectivity index (χ3n) is 10.0. The van der Waals surface area contributed by atoms with Crippen LogP contribution in [-0.4, -0.2) is 76.4 Å². The van der Waals surface area contributed by atoms with Gasteiger partial charge in [0.2, 0.25) is 0 Å². The molecule has 8 nitrogen and oxygen atoms in total. The minimum absolute atomic E-state index is 0.0509. The summed E-state index contributed by atoms with van der Waals surface area (Å²) in [6, 6.07) is 0. The van der Waals surface area contributed by atoms with Gasteiger partial charge >= 0.3 is 5.97 Å². The number of hydrogen-bond donors (Lipinski definition) is 3. The lowest BCUT2D eigenvalue weighted by molar-refractivity contribution is -0.334. The Bertz CT molecular complexity index is 787. The summed E-state index contributed by atoms with van der Waals surface area (Å²) in [5.74, 6) is 0.658. The zero-order valence-corrected chi connectivity index (χ0v) is 22.3. The molecule has 4 fully saturated rings. The van der Waals surface area contributed by atoms with Crippen molar-refractivity contribution in [3.8, 4) is 0 Å². The van der Waals surface area contributed by atoms with Gasteiger partial charge in [-0.05, 0) is 75.0 Å². The van der Waals surface area contributed by atoms with Gasteiger partial charge in [0, 0.05) is 6.92 Å². The number of aliphatic hydroxyl groups excluding tert-OH is 3. The maximum Gasteiger partial charge on any atom is 0.302 e. The van der Waals surface area contributed by atoms with E-state index in [0.717, 1.165) is 25.7 Å². The van der Waals surface area contributed by atoms with Crippen molar-refractivity contribution in [1.82, 2.24) is 0 Å². The zero-order chi connectivity index (χ0) is 25.8. The molecule has 0 amide bonds. The number of fused-ring (bicyclic) bond motifs is 3. The molecule has 2 aliphatic carbocycles. The van der Waals surface area contributed by atoms with Crippen LogP contribution in [0.3, 0.4) is 0 Å². The first-order valence-electron chi connectivity index (χ1n) is 13.4. The van der Waals surface area contributed by atoms with E-state index in [1.807, 2.05) is 6.92 Å². The third-order valence-corrected chi connectivity index (χ3v) is 10.0. The summed E-state index contributed by atoms with van der Waals surface area (Å²) in [4.78, 5) is 11.7. The van der Waals surface area contributed by atoms with Crippen molar-refractivity contribution < 1.29 is 39.1 Å². The Hall–Kier alpha value is -0.770. The number of carbonyl (C=O) groups is 1. The van der Waals surface area contributed by atoms with Gasteiger partial charge in [0.25, 0.3) is 0 Å². The Labute approximate surface area is 209 Å². The molecule has 202 valence electrons. The Morgan fingerprint density at radius 2 is 1.66 bits per heavy atom. The van der Waals surface area contributed by atoms with Crippen LogP contribution in [0.4, 0.5) is 0 Å². The molecule has 8 heteroatoms. The molecule has 0 radical (unpaired) electrons. The fourth-order valence-corrected chi connectivity index (χ4v) is 8.22. The van der Waals surface area contributed by atoms with E-state index < -0.39 is 42.3 Å². The molecule has 0 bridgehead atoms. The molecule has 2 aliphatic heterocycles. The van der Waals surface area contributed by atoms with Crippen molar-refractivity contribution >= 4 is 5.97 Å². The summed E-state index contributed by atoms with van der Waals surface area (Å²) in [6.45, 7) is 12.7. The van der Waals surface area contributed by atoms with E-state index in [0.29, 0.717) is 17.3 Å². The van der Waals surface area contributed by atoms with E-state index in [4.69, 9.17) is 18.9 Å². The summed E-state index contributed by atoms with van der Waals surface area (Å²) in [5, 5.41) is 30.4. The van der Waals surface area contributed by atoms with Crippen LogP contribution in [0.15, 0.2) is 0 Å². The van der Waals surface area contributed by atoms with Crippen LogP contribution in [0.25, 0.3) is 0 Å². The predicted octanol–water partition coefficient (Wildman–Crippen LogP) is 2.94. The highest BCUT2D eigenvalue weighted by Crippen LogP contribution is 2.65. The maximum atomic E-state index is 11.7. The molecule has 0 aromatic carbocycles. The number of hydrogen-bond acceptors (Lipinski definition) is 8. The second kappa shape index (κ2) is 9.52. The number of carbonyl (C=O) groups excluding carboxylic acids is 1. The molecule has 35 heavy (non-hydrogen) atoms. The van der Waals surface area contributed by atoms with Gasteiger partial charge in [-0.15, -0.1) is 0 Å². The van der Waals surface area contributed by atoms with Gasteiger partial charge in [0.15, 0.2) is 6.29 Å². The summed E-state index contributed by atoms with van der Waals surface area (Å²) < 4.78 is 24.0. The molecule has 1 unspecified atom stereocenters. The Morgan fingerprint density at radius 3 is 2.34 bits per heavy atom. The number of ether oxygens (including phenoxy) is 4. The van der Waals surface area contributed by atoms with Crippen molar-refractivity contribution in [2.45, 2.75) is 128 Å². The highest BCUT2D eigenvalue weighted by atomic mass is 16.7. The molecular weight excluding hydrogens is 452 g/mol. The van der Waals surface area contributed by atoms with Crippen LogP contribution in [0.1, 0.15) is 86.5 Å². The van der Waals surface area contributed by atoms with Crippen LogP contribution in [0.5, 0.6) is 0 Å². The number of aliphatic hydroxyl groups is 3. The van der Waals surface area contributed by atoms with Crippen LogP contribution in [0, 0.1) is 22.7 Å². The minimum atomic E-state index is -1.42. The Kier molecular flexibility index (Phi) is 7.41. The van der Waals surface area contributed by atoms with Crippen molar-refractivity contribution in [2.24, 2.45) is 22.7 Å². The predicted molar refractivity (Wildman–Crippen MR) is 128 cm³/mol. The Morgan fingerprint density at radius 1 is 0.971 bits per heavy atom. The minimum Gasteiger partial charge on any atom is -0.463 e. The topological polar surface area (TPSA) is 115 Å². The van der Waals surface area contributed by atoms with Gasteiger partial charge in [0.1, 0.15) is 31.0 Å². The van der Waals surface area contributed by atoms with Crippen molar-refractivity contribution in [1.29, 1.82) is 0 Å². The van der Waals surface area contributed by atoms with E-state index in [1.54, 1.807) is 0 Å². The lowest BCUT2D eigenvalue weighted by atomic mass is 9.44. The molecule has 2 saturated heterocycles. The van der Waals surface area contributed by atoms with Gasteiger partial charge in [-0.25, -0.2) is 0 Å². The first-order chi connectivity index (χ1) is 16.2. The molecule has 0 spiro atoms. The molecule has 3 N–H and O–H groups in total. The quantitative estimate of drug-likeness (QED) is 0.496. The van der Waals surface area contributed by atoms with Gasteiger partial charge < -0.3 is 34.3 Å². The Balaban J connectivity index is 1.56. The molecule has 4 aliphatic rings. The van der Waals surface area contributed by atoms with Crippen LogP contribution in [-0.2, 0) is 23.7 Å². The third kappa shape index (κ3) is 4.91. The summed E-state index contributed by atoms with van der Waals surface area (Å²) >= 11 is 0. The monoisotopic (exact) mass is 498 g/mol. The summed E-state index contributed by atoms with van der Waals surface area (Å²) in [7, 11) is 0. The van der Waals surface area contributed by atoms with Crippen LogP contribution in [0.2, 0.25) is 0 Å². The molecule has 0 aromatic heterocycles. The van der Waals surface area contributed by atoms with E-state index in [9.17, 15) is 20.1 Å². The molecule has 2 saturated carbocycles. The van der Waals surface area contributed by atoms with E-state index >= 15 is 0 Å². The number of rotatable bonds is 5. The number of esters is 1. The van der Waals surface area contributed by atoms with Gasteiger partial charge in [0.05, 0.1) is 17.8 Å². The fraction of sp³-hybridized carbons (Fsp3) is 0.963. The zero-order valence-electron chi connectivity index (χ0n) is 22.3. The SMILES string of the molecule is CC(=O)OCC(O[C@H]1OC[C@@H](O)[C@@H](O)[C@@H]1O)[C@]1(C)CC[C@@H]2[C@@]3(C)CCCC(C)(C)[C@@H]3CC[C@@]2(C)O1. The highest BCUT2D eigenvalue weighted by molar-refractivity contribution is 5.65. The maximum absolute atomic E-state index is 11.7. The fourth-order valence-electron chi connectivity index (χ4n) is 8.22. The van der Waals surface area contributed by atoms with Gasteiger partial charge in [-0.1, -0.05) is 27.2 Å². The largest absolute Gasteiger partial charge is 0.463 e. The molecule has 2 heterocycles. The lowest BCUT2D eigenvalue weighted by Crippen LogP contribution is -2.66. The smallest absolute Gasteiger partial charge is 0.302 e. The lowest BCUT2D eigenvalue weighted by Gasteiger charge is -2.65. The summed E-state index contributed by atoms with van der Waals surface area (Å²) in [5.41, 5.74) is -0.579. The summed E-state index contributed by atoms with van der Waals surface area (Å²) in [6.07, 6.45) is 1.66. The molecule has 10 atom stereocenters. The molecule has 0 aromatic rings. The molecule has 4 rings (SSSR count). The molecular formula is C27H46O8. The van der Waals surface area contributed by atoms with E-state index in [2.05, 4.69) is 27.7 Å². The second-order valence-corrected chi connectivity index (χ2v) is 12.9. The first kappa shape index (κ1) is 27.3. The van der Waals surface area contributed by atoms with Gasteiger partial charge in [-0.2, -0.15) is 0 Å². The highest BCUT2D eigenvalue weighted by Gasteiger charge is 2.62. The standard InChI is InChI=1S/C27H46O8/c1-16(28)32-15-20(34-23-22(31)21(30)17(29)14-33-23)27(6)13-9-19-25(4)11-7-10-24(2,3)18(25)8-12-26(19,5)35-27/h17-23,29-31H,7-15H2,1-6H3/t17-,18+,19-,20?,21-,22+,23-,25+,26-,27+/m1/s1. The van der Waals surface area contributed by atoms with E-state index in [-0.39, 0.29) is 24.2 Å². The second-order valence-electron chi connectivity index (χ2n) is 12.9. The van der Waals surface area contributed by atoms with E-state index in [1.165, 1.54) is 26.2 Å². The first-order valence-corrected chi connectivity index (χ1v) is 13.4. The van der Waals surface area contributed by atoms with Crippen LogP contribution < -0.4 is 0 Å². The van der Waals surface area contributed by atoms with Crippen molar-refractivity contribution in [3.05, 3.63) is 0 Å². The van der Waals surface area contributed by atoms with Gasteiger partial charge in [-0.3, -0.25) is 4.79 Å². The van der Waals surface area contributed by atoms with Crippen molar-refractivity contribution in [3.63, 3.8) is 0 Å². The normalized spacial score (nSPS) is 48.4. The van der Waals surface area contributed by atoms with Crippen LogP contribution >= 0.6 is 0 Å². The average molecular weight is 499 g/mol. The van der Waals surface area contributed by atoms with Crippen molar-refractivity contribution in [2.75, 3.05) is 13.2 Å². The average Bonchev–Trinajstić information content (AvgIpc) is 2.74.